The average molecular weight is 244 g/mol. The zero-order valence-electron chi connectivity index (χ0n) is 9.33. The van der Waals surface area contributed by atoms with E-state index in [4.69, 9.17) is 0 Å². The zero-order valence-corrected chi connectivity index (χ0v) is 10.9. The number of hydrogen-bond donors (Lipinski definition) is 0. The summed E-state index contributed by atoms with van der Waals surface area (Å²) in [7, 11) is 2.12. The van der Waals surface area contributed by atoms with Crippen molar-refractivity contribution in [2.75, 3.05) is 0 Å². The quantitative estimate of drug-likeness (QED) is 0.655. The average Bonchev–Trinajstić information content (AvgIpc) is 2.14. The Morgan fingerprint density at radius 1 is 1.08 bits per heavy atom. The van der Waals surface area contributed by atoms with Crippen LogP contribution in [0.4, 0.5) is 0 Å². The first kappa shape index (κ1) is 10.8. The second kappa shape index (κ2) is 3.16. The first-order chi connectivity index (χ1) is 5.76. The van der Waals surface area contributed by atoms with Crippen LogP contribution in [-0.2, 0) is 12.5 Å². The highest BCUT2D eigenvalue weighted by Gasteiger charge is 2.24. The summed E-state index contributed by atoms with van der Waals surface area (Å²) >= 11 is 3.67. The van der Waals surface area contributed by atoms with Crippen LogP contribution in [0.25, 0.3) is 0 Å². The second-order valence-corrected chi connectivity index (χ2v) is 5.46. The van der Waals surface area contributed by atoms with E-state index in [1.54, 1.807) is 0 Å². The Hall–Kier alpha value is -0.240. The van der Waals surface area contributed by atoms with Gasteiger partial charge in [0.05, 0.1) is 0 Å². The van der Waals surface area contributed by atoms with E-state index in [0.29, 0.717) is 0 Å². The van der Waals surface area contributed by atoms with Gasteiger partial charge in [0.15, 0.2) is 0 Å². The van der Waals surface area contributed by atoms with Crippen LogP contribution < -0.4 is 0 Å². The highest BCUT2D eigenvalue weighted by molar-refractivity contribution is 9.10. The fourth-order valence-electron chi connectivity index (χ4n) is 1.78. The molecule has 1 aromatic rings. The van der Waals surface area contributed by atoms with E-state index < -0.39 is 0 Å². The Kier molecular flexibility index (Phi) is 2.63. The van der Waals surface area contributed by atoms with Crippen LogP contribution in [0.3, 0.4) is 0 Å². The molecule has 0 saturated heterocycles. The minimum Gasteiger partial charge on any atom is -0.351 e. The van der Waals surface area contributed by atoms with Gasteiger partial charge in [-0.2, -0.15) is 0 Å². The van der Waals surface area contributed by atoms with Gasteiger partial charge in [-0.05, 0) is 40.8 Å². The first-order valence-corrected chi connectivity index (χ1v) is 5.38. The summed E-state index contributed by atoms with van der Waals surface area (Å²) < 4.78 is 3.50. The van der Waals surface area contributed by atoms with Crippen molar-refractivity contribution in [3.8, 4) is 0 Å². The fraction of sp³-hybridized carbons (Fsp3) is 0.636. The molecule has 1 aromatic heterocycles. The summed E-state index contributed by atoms with van der Waals surface area (Å²) in [6.45, 7) is 11.1. The zero-order chi connectivity index (χ0) is 10.4. The highest BCUT2D eigenvalue weighted by atomic mass is 79.9. The van der Waals surface area contributed by atoms with Gasteiger partial charge in [-0.1, -0.05) is 20.8 Å². The van der Waals surface area contributed by atoms with Gasteiger partial charge >= 0.3 is 0 Å². The number of nitrogens with zero attached hydrogens (tertiary/aromatic N) is 1. The standard InChI is InChI=1S/C11H18BrN/c1-7-9(11(3,4)5)10(12)8(2)13(7)6/h1-6H3. The van der Waals surface area contributed by atoms with Crippen molar-refractivity contribution < 1.29 is 0 Å². The van der Waals surface area contributed by atoms with Gasteiger partial charge in [-0.15, -0.1) is 0 Å². The van der Waals surface area contributed by atoms with E-state index in [1.807, 2.05) is 0 Å². The van der Waals surface area contributed by atoms with Crippen molar-refractivity contribution in [3.63, 3.8) is 0 Å². The molecule has 0 fully saturated rings. The molecule has 0 unspecified atom stereocenters. The Morgan fingerprint density at radius 3 is 1.69 bits per heavy atom. The maximum absolute atomic E-state index is 3.67. The van der Waals surface area contributed by atoms with Crippen molar-refractivity contribution in [2.24, 2.45) is 7.05 Å². The van der Waals surface area contributed by atoms with Crippen molar-refractivity contribution in [1.29, 1.82) is 0 Å². The molecule has 0 aliphatic carbocycles. The molecule has 13 heavy (non-hydrogen) atoms. The van der Waals surface area contributed by atoms with Crippen LogP contribution in [0.2, 0.25) is 0 Å². The molecule has 0 spiro atoms. The SMILES string of the molecule is Cc1c(Br)c(C(C)(C)C)c(C)n1C. The predicted octanol–water partition coefficient (Wildman–Crippen LogP) is 3.70. The third kappa shape index (κ3) is 1.69. The fourth-order valence-corrected chi connectivity index (χ4v) is 2.93. The number of rotatable bonds is 0. The van der Waals surface area contributed by atoms with E-state index in [9.17, 15) is 0 Å². The third-order valence-corrected chi connectivity index (χ3v) is 3.63. The van der Waals surface area contributed by atoms with E-state index >= 15 is 0 Å². The van der Waals surface area contributed by atoms with E-state index in [0.717, 1.165) is 0 Å². The Balaban J connectivity index is 3.47. The summed E-state index contributed by atoms with van der Waals surface area (Å²) in [5.41, 5.74) is 4.31. The smallest absolute Gasteiger partial charge is 0.0421 e. The molecule has 0 aliphatic heterocycles. The Labute approximate surface area is 89.3 Å². The van der Waals surface area contributed by atoms with Crippen LogP contribution >= 0.6 is 15.9 Å². The minimum atomic E-state index is 0.217. The van der Waals surface area contributed by atoms with E-state index in [1.165, 1.54) is 21.4 Å². The molecule has 1 rings (SSSR count). The Bertz CT molecular complexity index is 303. The molecule has 0 aliphatic rings. The molecule has 0 aromatic carbocycles. The topological polar surface area (TPSA) is 4.93 Å². The number of halogens is 1. The van der Waals surface area contributed by atoms with Gasteiger partial charge in [-0.25, -0.2) is 0 Å². The Morgan fingerprint density at radius 2 is 1.54 bits per heavy atom. The highest BCUT2D eigenvalue weighted by Crippen LogP contribution is 2.35. The molecule has 0 amide bonds. The maximum atomic E-state index is 3.67. The van der Waals surface area contributed by atoms with Crippen molar-refractivity contribution >= 4 is 15.9 Å². The molecule has 0 N–H and O–H groups in total. The van der Waals surface area contributed by atoms with Gasteiger partial charge in [0.2, 0.25) is 0 Å². The largest absolute Gasteiger partial charge is 0.351 e. The molecular formula is C11H18BrN. The van der Waals surface area contributed by atoms with Gasteiger partial charge in [0.25, 0.3) is 0 Å². The summed E-state index contributed by atoms with van der Waals surface area (Å²) in [6.07, 6.45) is 0. The summed E-state index contributed by atoms with van der Waals surface area (Å²) in [6, 6.07) is 0. The number of aromatic nitrogens is 1. The minimum absolute atomic E-state index is 0.217. The lowest BCUT2D eigenvalue weighted by Crippen LogP contribution is -2.12. The summed E-state index contributed by atoms with van der Waals surface area (Å²) in [5, 5.41) is 0. The van der Waals surface area contributed by atoms with Crippen LogP contribution in [-0.4, -0.2) is 4.57 Å². The van der Waals surface area contributed by atoms with Gasteiger partial charge < -0.3 is 4.57 Å². The molecule has 0 bridgehead atoms. The molecule has 1 nitrogen and oxygen atoms in total. The van der Waals surface area contributed by atoms with Gasteiger partial charge in [0, 0.05) is 22.9 Å². The van der Waals surface area contributed by atoms with Crippen LogP contribution in [0.1, 0.15) is 37.7 Å². The number of hydrogen-bond acceptors (Lipinski definition) is 0. The van der Waals surface area contributed by atoms with Crippen molar-refractivity contribution in [3.05, 3.63) is 21.4 Å². The van der Waals surface area contributed by atoms with Gasteiger partial charge in [0.1, 0.15) is 0 Å². The maximum Gasteiger partial charge on any atom is 0.0421 e. The summed E-state index contributed by atoms with van der Waals surface area (Å²) in [5.74, 6) is 0. The molecule has 1 heterocycles. The van der Waals surface area contributed by atoms with Crippen LogP contribution in [0.5, 0.6) is 0 Å². The first-order valence-electron chi connectivity index (χ1n) is 4.58. The molecule has 0 atom stereocenters. The third-order valence-electron chi connectivity index (χ3n) is 2.66. The molecule has 2 heteroatoms. The molecular weight excluding hydrogens is 226 g/mol. The molecule has 0 saturated carbocycles. The van der Waals surface area contributed by atoms with Crippen LogP contribution in [0.15, 0.2) is 4.47 Å². The predicted molar refractivity (Wildman–Crippen MR) is 61.3 cm³/mol. The van der Waals surface area contributed by atoms with Crippen molar-refractivity contribution in [2.45, 2.75) is 40.0 Å². The lowest BCUT2D eigenvalue weighted by molar-refractivity contribution is 0.581. The van der Waals surface area contributed by atoms with E-state index in [-0.39, 0.29) is 5.41 Å². The molecule has 0 radical (unpaired) electrons. The van der Waals surface area contributed by atoms with Gasteiger partial charge in [-0.3, -0.25) is 0 Å². The lowest BCUT2D eigenvalue weighted by atomic mass is 9.87. The normalized spacial score (nSPS) is 12.2. The second-order valence-electron chi connectivity index (χ2n) is 4.67. The lowest BCUT2D eigenvalue weighted by Gasteiger charge is -2.19. The van der Waals surface area contributed by atoms with E-state index in [2.05, 4.69) is 62.2 Å². The monoisotopic (exact) mass is 243 g/mol. The van der Waals surface area contributed by atoms with Crippen molar-refractivity contribution in [1.82, 2.24) is 4.57 Å². The molecule has 74 valence electrons. The summed E-state index contributed by atoms with van der Waals surface area (Å²) in [4.78, 5) is 0. The van der Waals surface area contributed by atoms with Crippen LogP contribution in [0, 0.1) is 13.8 Å².